The van der Waals surface area contributed by atoms with E-state index in [1.807, 2.05) is 14.1 Å². The van der Waals surface area contributed by atoms with Crippen molar-refractivity contribution in [2.75, 3.05) is 58.3 Å². The molecule has 0 saturated carbocycles. The van der Waals surface area contributed by atoms with Crippen LogP contribution in [0.4, 0.5) is 5.69 Å². The molecule has 0 bridgehead atoms. The van der Waals surface area contributed by atoms with Gasteiger partial charge in [-0.3, -0.25) is 14.6 Å². The summed E-state index contributed by atoms with van der Waals surface area (Å²) in [5.41, 5.74) is 7.24. The molecule has 0 radical (unpaired) electrons. The molecule has 10 heteroatoms. The van der Waals surface area contributed by atoms with Crippen molar-refractivity contribution in [1.29, 1.82) is 0 Å². The second-order valence-corrected chi connectivity index (χ2v) is 9.05. The number of hydrogen-bond acceptors (Lipinski definition) is 5. The number of benzene rings is 2. The second kappa shape index (κ2) is 12.3. The maximum Gasteiger partial charge on any atom is 0.252 e. The molecule has 0 aliphatic carbocycles. The van der Waals surface area contributed by atoms with Gasteiger partial charge in [-0.1, -0.05) is 6.07 Å². The zero-order valence-electron chi connectivity index (χ0n) is 20.0. The largest absolute Gasteiger partial charge is 0.395 e. The highest BCUT2D eigenvalue weighted by Gasteiger charge is 2.25. The summed E-state index contributed by atoms with van der Waals surface area (Å²) in [5.74, 6) is -0.00000777. The van der Waals surface area contributed by atoms with Crippen molar-refractivity contribution in [3.05, 3.63) is 53.1 Å². The maximum atomic E-state index is 12.5. The standard InChI is InChI=1S/C25H31N5O2.3ClH/c1-28(2)20-12-19-15-26-25(32)24(19)21(14-20)23-13-18-11-17(3-4-22(18)27-23)16-30-7-5-29(6-8-30)9-10-31;;;/h3-4,11-14,27,31H,5-10,15-16H2,1-2H3,(H,26,32);3*1H. The summed E-state index contributed by atoms with van der Waals surface area (Å²) in [6, 6.07) is 12.9. The molecule has 7 nitrogen and oxygen atoms in total. The average Bonchev–Trinajstić information content (AvgIpc) is 3.38. The van der Waals surface area contributed by atoms with Crippen LogP contribution in [0.15, 0.2) is 36.4 Å². The molecule has 1 aromatic heterocycles. The topological polar surface area (TPSA) is 74.8 Å². The molecule has 5 rings (SSSR count). The van der Waals surface area contributed by atoms with Gasteiger partial charge in [0.25, 0.3) is 5.91 Å². The number of nitrogens with one attached hydrogen (secondary N) is 2. The fourth-order valence-electron chi connectivity index (χ4n) is 4.82. The van der Waals surface area contributed by atoms with Crippen LogP contribution in [0.3, 0.4) is 0 Å². The number of aliphatic hydroxyl groups excluding tert-OH is 1. The Labute approximate surface area is 225 Å². The van der Waals surface area contributed by atoms with Crippen LogP contribution in [0.2, 0.25) is 0 Å². The highest BCUT2D eigenvalue weighted by Crippen LogP contribution is 2.35. The van der Waals surface area contributed by atoms with Gasteiger partial charge >= 0.3 is 0 Å². The molecule has 0 atom stereocenters. The van der Waals surface area contributed by atoms with Gasteiger partial charge in [0.15, 0.2) is 0 Å². The quantitative estimate of drug-likeness (QED) is 0.444. The summed E-state index contributed by atoms with van der Waals surface area (Å²) in [4.78, 5) is 22.9. The number of fused-ring (bicyclic) bond motifs is 2. The molecule has 0 unspecified atom stereocenters. The van der Waals surface area contributed by atoms with E-state index in [2.05, 4.69) is 61.4 Å². The van der Waals surface area contributed by atoms with Crippen molar-refractivity contribution in [1.82, 2.24) is 20.1 Å². The van der Waals surface area contributed by atoms with Crippen LogP contribution in [0, 0.1) is 0 Å². The van der Waals surface area contributed by atoms with Crippen molar-refractivity contribution in [3.63, 3.8) is 0 Å². The zero-order chi connectivity index (χ0) is 22.2. The minimum absolute atomic E-state index is 0. The van der Waals surface area contributed by atoms with Gasteiger partial charge in [-0.05, 0) is 41.5 Å². The normalized spacial score (nSPS) is 15.6. The van der Waals surface area contributed by atoms with Crippen LogP contribution in [0.1, 0.15) is 21.5 Å². The molecule has 3 aromatic rings. The smallest absolute Gasteiger partial charge is 0.252 e. The highest BCUT2D eigenvalue weighted by atomic mass is 35.5. The third kappa shape index (κ3) is 6.05. The Morgan fingerprint density at radius 3 is 2.37 bits per heavy atom. The van der Waals surface area contributed by atoms with Crippen LogP contribution in [0.25, 0.3) is 22.2 Å². The van der Waals surface area contributed by atoms with Crippen LogP contribution in [0.5, 0.6) is 0 Å². The summed E-state index contributed by atoms with van der Waals surface area (Å²) in [6.07, 6.45) is 0. The second-order valence-electron chi connectivity index (χ2n) is 9.05. The third-order valence-corrected chi connectivity index (χ3v) is 6.65. The van der Waals surface area contributed by atoms with Gasteiger partial charge in [-0.2, -0.15) is 0 Å². The number of piperazine rings is 1. The lowest BCUT2D eigenvalue weighted by molar-refractivity contribution is 0.0966. The number of anilines is 1. The molecule has 0 spiro atoms. The average molecular weight is 543 g/mol. The first-order valence-electron chi connectivity index (χ1n) is 11.3. The van der Waals surface area contributed by atoms with E-state index in [0.717, 1.165) is 72.9 Å². The fraction of sp³-hybridized carbons (Fsp3) is 0.400. The van der Waals surface area contributed by atoms with Gasteiger partial charge in [-0.25, -0.2) is 0 Å². The minimum Gasteiger partial charge on any atom is -0.395 e. The molecule has 35 heavy (non-hydrogen) atoms. The predicted molar refractivity (Wildman–Crippen MR) is 150 cm³/mol. The molecular formula is C25H34Cl3N5O2. The molecule has 2 aliphatic rings. The Hall–Kier alpha value is -2.00. The minimum atomic E-state index is -0.00000777. The number of nitrogens with zero attached hydrogens (tertiary/aromatic N) is 3. The summed E-state index contributed by atoms with van der Waals surface area (Å²) in [6.45, 7) is 6.57. The summed E-state index contributed by atoms with van der Waals surface area (Å²) >= 11 is 0. The van der Waals surface area contributed by atoms with Crippen LogP contribution in [-0.4, -0.2) is 79.2 Å². The van der Waals surface area contributed by atoms with E-state index in [1.165, 1.54) is 10.9 Å². The number of aromatic amines is 1. The Morgan fingerprint density at radius 2 is 1.69 bits per heavy atom. The molecule has 192 valence electrons. The molecule has 3 heterocycles. The number of H-pyrrole nitrogens is 1. The van der Waals surface area contributed by atoms with E-state index in [9.17, 15) is 4.79 Å². The monoisotopic (exact) mass is 541 g/mol. The van der Waals surface area contributed by atoms with Gasteiger partial charge in [0, 0.05) is 87.8 Å². The number of aromatic nitrogens is 1. The molecule has 3 N–H and O–H groups in total. The summed E-state index contributed by atoms with van der Waals surface area (Å²) in [7, 11) is 4.05. The summed E-state index contributed by atoms with van der Waals surface area (Å²) < 4.78 is 0. The van der Waals surface area contributed by atoms with Crippen LogP contribution >= 0.6 is 37.2 Å². The van der Waals surface area contributed by atoms with Gasteiger partial charge in [0.2, 0.25) is 0 Å². The third-order valence-electron chi connectivity index (χ3n) is 6.65. The number of β-amino-alcohol motifs (C(OH)–C–C–N with tert-alkyl or cyclic N) is 1. The molecule has 1 saturated heterocycles. The molecular weight excluding hydrogens is 509 g/mol. The van der Waals surface area contributed by atoms with Crippen LogP contribution < -0.4 is 10.2 Å². The van der Waals surface area contributed by atoms with E-state index in [1.54, 1.807) is 0 Å². The lowest BCUT2D eigenvalue weighted by atomic mass is 9.99. The predicted octanol–water partition coefficient (Wildman–Crippen LogP) is 3.52. The molecule has 2 aliphatic heterocycles. The van der Waals surface area contributed by atoms with Crippen molar-refractivity contribution in [2.45, 2.75) is 13.1 Å². The Bertz CT molecular complexity index is 1160. The van der Waals surface area contributed by atoms with Crippen molar-refractivity contribution in [3.8, 4) is 11.3 Å². The Morgan fingerprint density at radius 1 is 0.971 bits per heavy atom. The fourth-order valence-corrected chi connectivity index (χ4v) is 4.82. The molecule has 1 fully saturated rings. The number of carbonyl (C=O) groups excluding carboxylic acids is 1. The van der Waals surface area contributed by atoms with E-state index >= 15 is 0 Å². The number of rotatable bonds is 6. The maximum absolute atomic E-state index is 12.5. The lowest BCUT2D eigenvalue weighted by Gasteiger charge is -2.34. The number of amides is 1. The van der Waals surface area contributed by atoms with Crippen molar-refractivity contribution in [2.24, 2.45) is 0 Å². The Balaban J connectivity index is 0.00000144. The number of carbonyl (C=O) groups is 1. The first kappa shape index (κ1) is 29.2. The van der Waals surface area contributed by atoms with Gasteiger partial charge in [0.1, 0.15) is 0 Å². The number of aliphatic hydroxyl groups is 1. The van der Waals surface area contributed by atoms with Gasteiger partial charge < -0.3 is 20.3 Å². The van der Waals surface area contributed by atoms with E-state index in [-0.39, 0.29) is 49.7 Å². The Kier molecular flexibility index (Phi) is 10.3. The van der Waals surface area contributed by atoms with Crippen molar-refractivity contribution < 1.29 is 9.90 Å². The van der Waals surface area contributed by atoms with E-state index in [0.29, 0.717) is 6.54 Å². The molecule has 1 amide bonds. The van der Waals surface area contributed by atoms with E-state index < -0.39 is 0 Å². The first-order valence-corrected chi connectivity index (χ1v) is 11.3. The molecule has 2 aromatic carbocycles. The SMILES string of the molecule is CN(C)c1cc2c(c(-c3cc4cc(CN5CCN(CCO)CC5)ccc4[nH]3)c1)C(=O)NC2.Cl.Cl.Cl. The van der Waals surface area contributed by atoms with Crippen LogP contribution in [-0.2, 0) is 13.1 Å². The first-order chi connectivity index (χ1) is 15.5. The van der Waals surface area contributed by atoms with E-state index in [4.69, 9.17) is 5.11 Å². The summed E-state index contributed by atoms with van der Waals surface area (Å²) in [5, 5.41) is 13.3. The number of hydrogen-bond donors (Lipinski definition) is 3. The number of halogens is 3. The van der Waals surface area contributed by atoms with Gasteiger partial charge in [0.05, 0.1) is 12.2 Å². The van der Waals surface area contributed by atoms with Crippen molar-refractivity contribution >= 4 is 59.7 Å². The highest BCUT2D eigenvalue weighted by molar-refractivity contribution is 6.06. The van der Waals surface area contributed by atoms with Gasteiger partial charge in [-0.15, -0.1) is 37.2 Å². The lowest BCUT2D eigenvalue weighted by Crippen LogP contribution is -2.46. The zero-order valence-corrected chi connectivity index (χ0v) is 22.5.